The first-order chi connectivity index (χ1) is 10.4. The molecule has 0 radical (unpaired) electrons. The summed E-state index contributed by atoms with van der Waals surface area (Å²) in [6.45, 7) is 3.83. The van der Waals surface area contributed by atoms with E-state index in [0.29, 0.717) is 0 Å². The van der Waals surface area contributed by atoms with Gasteiger partial charge in [-0.15, -0.1) is 0 Å². The maximum absolute atomic E-state index is 5.89. The monoisotopic (exact) mass is 285 g/mol. The minimum absolute atomic E-state index is 0.212. The van der Waals surface area contributed by atoms with E-state index >= 15 is 0 Å². The van der Waals surface area contributed by atoms with Gasteiger partial charge < -0.3 is 14.6 Å². The number of hydrogen-bond donors (Lipinski definition) is 1. The van der Waals surface area contributed by atoms with Crippen LogP contribution in [0.4, 0.5) is 0 Å². The summed E-state index contributed by atoms with van der Waals surface area (Å²) in [6, 6.07) is 8.63. The van der Waals surface area contributed by atoms with Gasteiger partial charge in [-0.2, -0.15) is 0 Å². The number of fused-ring (bicyclic) bond motifs is 1. The highest BCUT2D eigenvalue weighted by Gasteiger charge is 2.19. The molecule has 1 aliphatic heterocycles. The molecule has 1 aliphatic rings. The fourth-order valence-electron chi connectivity index (χ4n) is 2.84. The minimum atomic E-state index is 0.212. The molecule has 4 heteroatoms. The summed E-state index contributed by atoms with van der Waals surface area (Å²) in [5.74, 6) is 0. The fraction of sp³-hybridized carbons (Fsp3) is 0.471. The molecule has 2 aromatic rings. The van der Waals surface area contributed by atoms with Crippen molar-refractivity contribution < 1.29 is 4.74 Å². The average Bonchev–Trinajstić information content (AvgIpc) is 3.04. The van der Waals surface area contributed by atoms with Gasteiger partial charge >= 0.3 is 0 Å². The summed E-state index contributed by atoms with van der Waals surface area (Å²) in [6.07, 6.45) is 9.32. The van der Waals surface area contributed by atoms with Crippen LogP contribution in [0.15, 0.2) is 43.0 Å². The number of aromatic nitrogens is 2. The maximum Gasteiger partial charge on any atom is 0.0952 e. The Balaban J connectivity index is 1.36. The van der Waals surface area contributed by atoms with Crippen LogP contribution in [0.1, 0.15) is 30.1 Å². The molecule has 0 amide bonds. The molecule has 0 bridgehead atoms. The van der Waals surface area contributed by atoms with Gasteiger partial charge in [0.25, 0.3) is 0 Å². The molecule has 1 N–H and O–H groups in total. The van der Waals surface area contributed by atoms with Crippen LogP contribution < -0.4 is 5.32 Å². The molecule has 0 saturated carbocycles. The number of hydrogen-bond acceptors (Lipinski definition) is 3. The van der Waals surface area contributed by atoms with Gasteiger partial charge in [0, 0.05) is 25.5 Å². The Hall–Kier alpha value is -1.65. The molecule has 0 aliphatic carbocycles. The van der Waals surface area contributed by atoms with E-state index in [-0.39, 0.29) is 6.10 Å². The molecule has 0 spiro atoms. The Labute approximate surface area is 126 Å². The molecule has 4 nitrogen and oxygen atoms in total. The Morgan fingerprint density at radius 2 is 2.24 bits per heavy atom. The lowest BCUT2D eigenvalue weighted by Crippen LogP contribution is -2.28. The van der Waals surface area contributed by atoms with Gasteiger partial charge in [0.2, 0.25) is 0 Å². The highest BCUT2D eigenvalue weighted by molar-refractivity contribution is 5.31. The number of imidazole rings is 1. The Bertz CT molecular complexity index is 539. The first-order valence-electron chi connectivity index (χ1n) is 7.79. The highest BCUT2D eigenvalue weighted by Crippen LogP contribution is 2.26. The third-order valence-electron chi connectivity index (χ3n) is 4.00. The van der Waals surface area contributed by atoms with E-state index in [4.69, 9.17) is 4.74 Å². The Morgan fingerprint density at radius 1 is 1.29 bits per heavy atom. The van der Waals surface area contributed by atoms with E-state index < -0.39 is 0 Å². The third-order valence-corrected chi connectivity index (χ3v) is 4.00. The number of nitrogens with zero attached hydrogens (tertiary/aromatic N) is 2. The molecule has 0 saturated heterocycles. The number of aryl methyl sites for hydroxylation is 1. The van der Waals surface area contributed by atoms with Crippen LogP contribution in [-0.2, 0) is 17.7 Å². The van der Waals surface area contributed by atoms with Gasteiger partial charge in [0.05, 0.1) is 19.0 Å². The van der Waals surface area contributed by atoms with E-state index in [9.17, 15) is 0 Å². The molecule has 1 atom stereocenters. The largest absolute Gasteiger partial charge is 0.372 e. The van der Waals surface area contributed by atoms with Crippen LogP contribution in [0.2, 0.25) is 0 Å². The van der Waals surface area contributed by atoms with Gasteiger partial charge in [0.15, 0.2) is 0 Å². The van der Waals surface area contributed by atoms with Crippen LogP contribution in [0.3, 0.4) is 0 Å². The second kappa shape index (κ2) is 7.38. The lowest BCUT2D eigenvalue weighted by atomic mass is 9.97. The minimum Gasteiger partial charge on any atom is -0.372 e. The van der Waals surface area contributed by atoms with Crippen molar-refractivity contribution in [3.63, 3.8) is 0 Å². The SMILES string of the molecule is c1ccc2c(c1)CCOC2CNCCCCn1ccnc1. The molecule has 112 valence electrons. The molecule has 3 rings (SSSR count). The van der Waals surface area contributed by atoms with Crippen LogP contribution in [-0.4, -0.2) is 29.2 Å². The van der Waals surface area contributed by atoms with Crippen molar-refractivity contribution in [3.8, 4) is 0 Å². The zero-order chi connectivity index (χ0) is 14.3. The van der Waals surface area contributed by atoms with Crippen molar-refractivity contribution in [1.82, 2.24) is 14.9 Å². The smallest absolute Gasteiger partial charge is 0.0952 e. The second-order valence-corrected chi connectivity index (χ2v) is 5.52. The molecular formula is C17H23N3O. The Morgan fingerprint density at radius 3 is 3.14 bits per heavy atom. The predicted octanol–water partition coefficient (Wildman–Crippen LogP) is 2.57. The fourth-order valence-corrected chi connectivity index (χ4v) is 2.84. The van der Waals surface area contributed by atoms with Gasteiger partial charge in [0.1, 0.15) is 0 Å². The molecular weight excluding hydrogens is 262 g/mol. The van der Waals surface area contributed by atoms with Crippen LogP contribution in [0.25, 0.3) is 0 Å². The van der Waals surface area contributed by atoms with Crippen molar-refractivity contribution >= 4 is 0 Å². The molecule has 2 heterocycles. The van der Waals surface area contributed by atoms with E-state index in [1.165, 1.54) is 24.0 Å². The van der Waals surface area contributed by atoms with Crippen molar-refractivity contribution in [2.24, 2.45) is 0 Å². The van der Waals surface area contributed by atoms with E-state index in [2.05, 4.69) is 39.1 Å². The number of rotatable bonds is 7. The van der Waals surface area contributed by atoms with E-state index in [1.54, 1.807) is 0 Å². The number of unbranched alkanes of at least 4 members (excludes halogenated alkanes) is 1. The maximum atomic E-state index is 5.89. The van der Waals surface area contributed by atoms with E-state index in [1.807, 2.05) is 18.7 Å². The summed E-state index contributed by atoms with van der Waals surface area (Å²) in [5, 5.41) is 3.53. The topological polar surface area (TPSA) is 39.1 Å². The second-order valence-electron chi connectivity index (χ2n) is 5.52. The molecule has 1 aromatic carbocycles. The number of ether oxygens (including phenoxy) is 1. The summed E-state index contributed by atoms with van der Waals surface area (Å²) >= 11 is 0. The van der Waals surface area contributed by atoms with Crippen LogP contribution in [0, 0.1) is 0 Å². The quantitative estimate of drug-likeness (QED) is 0.795. The molecule has 1 unspecified atom stereocenters. The van der Waals surface area contributed by atoms with Gasteiger partial charge in [-0.25, -0.2) is 4.98 Å². The van der Waals surface area contributed by atoms with Crippen LogP contribution >= 0.6 is 0 Å². The zero-order valence-electron chi connectivity index (χ0n) is 12.4. The predicted molar refractivity (Wildman–Crippen MR) is 83.2 cm³/mol. The summed E-state index contributed by atoms with van der Waals surface area (Å²) in [7, 11) is 0. The van der Waals surface area contributed by atoms with Gasteiger partial charge in [-0.1, -0.05) is 24.3 Å². The van der Waals surface area contributed by atoms with E-state index in [0.717, 1.165) is 32.7 Å². The van der Waals surface area contributed by atoms with Crippen molar-refractivity contribution in [1.29, 1.82) is 0 Å². The standard InChI is InChI=1S/C17H23N3O/c1-2-6-16-15(5-1)7-12-21-17(16)13-18-8-3-4-10-20-11-9-19-14-20/h1-2,5-6,9,11,14,17-18H,3-4,7-8,10,12-13H2. The molecule has 21 heavy (non-hydrogen) atoms. The molecule has 0 fully saturated rings. The summed E-state index contributed by atoms with van der Waals surface area (Å²) in [5.41, 5.74) is 2.80. The molecule has 1 aromatic heterocycles. The zero-order valence-corrected chi connectivity index (χ0v) is 12.4. The van der Waals surface area contributed by atoms with Gasteiger partial charge in [-0.3, -0.25) is 0 Å². The number of benzene rings is 1. The lowest BCUT2D eigenvalue weighted by Gasteiger charge is -2.26. The van der Waals surface area contributed by atoms with Crippen molar-refractivity contribution in [3.05, 3.63) is 54.1 Å². The Kier molecular flexibility index (Phi) is 5.03. The lowest BCUT2D eigenvalue weighted by molar-refractivity contribution is 0.0426. The summed E-state index contributed by atoms with van der Waals surface area (Å²) < 4.78 is 8.02. The average molecular weight is 285 g/mol. The van der Waals surface area contributed by atoms with Crippen LogP contribution in [0.5, 0.6) is 0 Å². The first kappa shape index (κ1) is 14.3. The third kappa shape index (κ3) is 3.93. The first-order valence-corrected chi connectivity index (χ1v) is 7.79. The van der Waals surface area contributed by atoms with Crippen molar-refractivity contribution in [2.75, 3.05) is 19.7 Å². The van der Waals surface area contributed by atoms with Crippen molar-refractivity contribution in [2.45, 2.75) is 31.9 Å². The van der Waals surface area contributed by atoms with Gasteiger partial charge in [-0.05, 0) is 36.9 Å². The normalized spacial score (nSPS) is 17.6. The number of nitrogens with one attached hydrogen (secondary N) is 1. The highest BCUT2D eigenvalue weighted by atomic mass is 16.5. The summed E-state index contributed by atoms with van der Waals surface area (Å²) in [4.78, 5) is 4.05.